The number of rotatable bonds is 4. The van der Waals surface area contributed by atoms with Crippen LogP contribution in [0.15, 0.2) is 0 Å². The maximum absolute atomic E-state index is 10.7. The zero-order valence-corrected chi connectivity index (χ0v) is 8.10. The molecule has 1 unspecified atom stereocenters. The zero-order valence-electron chi connectivity index (χ0n) is 7.28. The highest BCUT2D eigenvalue weighted by atomic mass is 32.2. The van der Waals surface area contributed by atoms with Crippen LogP contribution in [0.2, 0.25) is 0 Å². The number of thioether (sulfide) groups is 1. The lowest BCUT2D eigenvalue weighted by molar-refractivity contribution is -0.137. The Labute approximate surface area is 80.4 Å². The van der Waals surface area contributed by atoms with Crippen LogP contribution in [0.25, 0.3) is 0 Å². The lowest BCUT2D eigenvalue weighted by atomic mass is 10.0. The third-order valence-electron chi connectivity index (χ3n) is 1.81. The minimum atomic E-state index is -0.412. The highest BCUT2D eigenvalue weighted by Gasteiger charge is 2.35. The molecule has 1 fully saturated rings. The molecule has 1 amide bonds. The summed E-state index contributed by atoms with van der Waals surface area (Å²) < 4.78 is 4.45. The summed E-state index contributed by atoms with van der Waals surface area (Å²) in [6, 6.07) is -0.410. The molecule has 13 heavy (non-hydrogen) atoms. The molecule has 0 radical (unpaired) electrons. The maximum atomic E-state index is 10.7. The largest absolute Gasteiger partial charge is 0.468 e. The van der Waals surface area contributed by atoms with E-state index in [4.69, 9.17) is 5.73 Å². The van der Waals surface area contributed by atoms with Crippen molar-refractivity contribution >= 4 is 23.6 Å². The van der Waals surface area contributed by atoms with Crippen LogP contribution in [-0.4, -0.2) is 42.6 Å². The Morgan fingerprint density at radius 3 is 2.92 bits per heavy atom. The van der Waals surface area contributed by atoms with Gasteiger partial charge in [-0.15, -0.1) is 11.8 Å². The Morgan fingerprint density at radius 1 is 1.77 bits per heavy atom. The number of amides is 1. The number of β-lactam (4-membered cyclic amide) rings is 1. The third kappa shape index (κ3) is 2.60. The van der Waals surface area contributed by atoms with Crippen molar-refractivity contribution in [3.8, 4) is 0 Å². The molecule has 74 valence electrons. The monoisotopic (exact) mass is 204 g/mol. The first-order chi connectivity index (χ1) is 6.15. The number of esters is 1. The Kier molecular flexibility index (Phi) is 3.56. The summed E-state index contributed by atoms with van der Waals surface area (Å²) in [6.07, 6.45) is 0. The molecule has 1 rings (SSSR count). The van der Waals surface area contributed by atoms with E-state index in [9.17, 15) is 9.59 Å². The predicted octanol–water partition coefficient (Wildman–Crippen LogP) is -1.28. The van der Waals surface area contributed by atoms with Crippen LogP contribution >= 0.6 is 11.8 Å². The third-order valence-corrected chi connectivity index (χ3v) is 2.84. The predicted molar refractivity (Wildman–Crippen MR) is 49.2 cm³/mol. The summed E-state index contributed by atoms with van der Waals surface area (Å²) >= 11 is 1.41. The number of ether oxygens (including phenoxy) is 1. The van der Waals surface area contributed by atoms with Gasteiger partial charge in [-0.25, -0.2) is 0 Å². The molecule has 0 spiro atoms. The van der Waals surface area contributed by atoms with Gasteiger partial charge >= 0.3 is 5.97 Å². The molecule has 0 aliphatic carbocycles. The van der Waals surface area contributed by atoms with Gasteiger partial charge in [0.25, 0.3) is 0 Å². The second kappa shape index (κ2) is 4.48. The standard InChI is InChI=1S/C7H12N2O3S/c1-12-5(10)3-13-2-4-6(8)7(11)9-4/h4,6H,2-3,8H2,1H3,(H,9,11)/t4?,6-/m0/s1. The fraction of sp³-hybridized carbons (Fsp3) is 0.714. The molecule has 1 aliphatic heterocycles. The van der Waals surface area contributed by atoms with Gasteiger partial charge in [-0.1, -0.05) is 0 Å². The van der Waals surface area contributed by atoms with Gasteiger partial charge in [0.05, 0.1) is 18.9 Å². The lowest BCUT2D eigenvalue weighted by Crippen LogP contribution is -2.67. The quantitative estimate of drug-likeness (QED) is 0.440. The van der Waals surface area contributed by atoms with Gasteiger partial charge < -0.3 is 15.8 Å². The summed E-state index contributed by atoms with van der Waals surface area (Å²) in [5.74, 6) is 0.574. The molecule has 0 saturated carbocycles. The van der Waals surface area contributed by atoms with Gasteiger partial charge in [0, 0.05) is 5.75 Å². The van der Waals surface area contributed by atoms with Crippen LogP contribution < -0.4 is 11.1 Å². The van der Waals surface area contributed by atoms with E-state index in [0.29, 0.717) is 11.5 Å². The van der Waals surface area contributed by atoms with Crippen molar-refractivity contribution in [3.63, 3.8) is 0 Å². The maximum Gasteiger partial charge on any atom is 0.315 e. The summed E-state index contributed by atoms with van der Waals surface area (Å²) in [6.45, 7) is 0. The summed E-state index contributed by atoms with van der Waals surface area (Å²) in [4.78, 5) is 21.3. The van der Waals surface area contributed by atoms with Crippen molar-refractivity contribution in [2.75, 3.05) is 18.6 Å². The summed E-state index contributed by atoms with van der Waals surface area (Å²) in [7, 11) is 1.35. The lowest BCUT2D eigenvalue weighted by Gasteiger charge is -2.33. The normalized spacial score (nSPS) is 26.2. The van der Waals surface area contributed by atoms with Crippen LogP contribution in [0.5, 0.6) is 0 Å². The molecule has 6 heteroatoms. The second-order valence-electron chi connectivity index (χ2n) is 2.73. The Balaban J connectivity index is 2.07. The van der Waals surface area contributed by atoms with Crippen LogP contribution in [0.3, 0.4) is 0 Å². The van der Waals surface area contributed by atoms with E-state index in [2.05, 4.69) is 10.1 Å². The van der Waals surface area contributed by atoms with Gasteiger partial charge in [0.2, 0.25) is 5.91 Å². The Morgan fingerprint density at radius 2 is 2.46 bits per heavy atom. The Hall–Kier alpha value is -0.750. The summed E-state index contributed by atoms with van der Waals surface area (Å²) in [5, 5.41) is 2.65. The topological polar surface area (TPSA) is 81.4 Å². The van der Waals surface area contributed by atoms with Crippen LogP contribution in [0, 0.1) is 0 Å². The second-order valence-corrected chi connectivity index (χ2v) is 3.76. The molecule has 0 bridgehead atoms. The highest BCUT2D eigenvalue weighted by molar-refractivity contribution is 7.99. The molecule has 3 N–H and O–H groups in total. The van der Waals surface area contributed by atoms with Gasteiger partial charge in [0.15, 0.2) is 0 Å². The van der Waals surface area contributed by atoms with Crippen molar-refractivity contribution in [2.24, 2.45) is 5.73 Å². The average molecular weight is 204 g/mol. The smallest absolute Gasteiger partial charge is 0.315 e. The van der Waals surface area contributed by atoms with Gasteiger partial charge in [-0.3, -0.25) is 9.59 Å². The average Bonchev–Trinajstić information content (AvgIpc) is 2.15. The molecule has 1 saturated heterocycles. The van der Waals surface area contributed by atoms with Crippen LogP contribution in [0.1, 0.15) is 0 Å². The van der Waals surface area contributed by atoms with Crippen LogP contribution in [-0.2, 0) is 14.3 Å². The first-order valence-electron chi connectivity index (χ1n) is 3.85. The van der Waals surface area contributed by atoms with E-state index >= 15 is 0 Å². The molecular weight excluding hydrogens is 192 g/mol. The number of carbonyl (C=O) groups excluding carboxylic acids is 2. The number of carbonyl (C=O) groups is 2. The number of hydrogen-bond donors (Lipinski definition) is 2. The van der Waals surface area contributed by atoms with Crippen molar-refractivity contribution in [2.45, 2.75) is 12.1 Å². The molecule has 0 aromatic rings. The van der Waals surface area contributed by atoms with Crippen molar-refractivity contribution < 1.29 is 14.3 Å². The molecule has 1 heterocycles. The minimum absolute atomic E-state index is 0.00200. The fourth-order valence-electron chi connectivity index (χ4n) is 0.929. The first kappa shape index (κ1) is 10.3. The van der Waals surface area contributed by atoms with E-state index in [0.717, 1.165) is 0 Å². The van der Waals surface area contributed by atoms with Crippen molar-refractivity contribution in [1.29, 1.82) is 0 Å². The van der Waals surface area contributed by atoms with Gasteiger partial charge in [0.1, 0.15) is 6.04 Å². The number of nitrogens with one attached hydrogen (secondary N) is 1. The minimum Gasteiger partial charge on any atom is -0.468 e. The first-order valence-corrected chi connectivity index (χ1v) is 5.01. The fourth-order valence-corrected chi connectivity index (χ4v) is 1.88. The summed E-state index contributed by atoms with van der Waals surface area (Å²) in [5.41, 5.74) is 5.47. The van der Waals surface area contributed by atoms with E-state index in [-0.39, 0.29) is 17.9 Å². The van der Waals surface area contributed by atoms with Crippen molar-refractivity contribution in [1.82, 2.24) is 5.32 Å². The van der Waals surface area contributed by atoms with E-state index in [1.165, 1.54) is 18.9 Å². The van der Waals surface area contributed by atoms with Gasteiger partial charge in [-0.2, -0.15) is 0 Å². The molecule has 1 aliphatic rings. The van der Waals surface area contributed by atoms with Crippen LogP contribution in [0.4, 0.5) is 0 Å². The number of methoxy groups -OCH3 is 1. The van der Waals surface area contributed by atoms with E-state index in [1.807, 2.05) is 0 Å². The van der Waals surface area contributed by atoms with Crippen molar-refractivity contribution in [3.05, 3.63) is 0 Å². The molecule has 5 nitrogen and oxygen atoms in total. The highest BCUT2D eigenvalue weighted by Crippen LogP contribution is 2.11. The molecule has 0 aromatic heterocycles. The Bertz CT molecular complexity index is 222. The number of hydrogen-bond acceptors (Lipinski definition) is 5. The molecule has 0 aromatic carbocycles. The zero-order chi connectivity index (χ0) is 9.84. The molecular formula is C7H12N2O3S. The molecule has 2 atom stereocenters. The van der Waals surface area contributed by atoms with E-state index in [1.54, 1.807) is 0 Å². The number of nitrogens with two attached hydrogens (primary N) is 1. The SMILES string of the molecule is COC(=O)CSCC1NC(=O)[C@H]1N. The van der Waals surface area contributed by atoms with Gasteiger partial charge in [-0.05, 0) is 0 Å². The van der Waals surface area contributed by atoms with E-state index < -0.39 is 6.04 Å².